The van der Waals surface area contributed by atoms with Crippen LogP contribution in [0.25, 0.3) is 0 Å². The third-order valence-electron chi connectivity index (χ3n) is 2.72. The normalized spacial score (nSPS) is 10.4. The zero-order chi connectivity index (χ0) is 14.0. The third kappa shape index (κ3) is 3.04. The molecular formula is C13H16N4O2. The van der Waals surface area contributed by atoms with Crippen LogP contribution < -0.4 is 11.1 Å². The number of carbonyl (C=O) groups is 1. The largest absolute Gasteiger partial charge is 0.506 e. The van der Waals surface area contributed by atoms with Crippen molar-refractivity contribution >= 4 is 17.4 Å². The molecule has 2 rings (SSSR count). The predicted molar refractivity (Wildman–Crippen MR) is 72.8 cm³/mol. The third-order valence-corrected chi connectivity index (χ3v) is 2.72. The van der Waals surface area contributed by atoms with Crippen molar-refractivity contribution in [2.24, 2.45) is 0 Å². The number of nitrogen functional groups attached to an aromatic ring is 1. The summed E-state index contributed by atoms with van der Waals surface area (Å²) in [5, 5.41) is 16.3. The number of phenolic OH excluding ortho intramolecular Hbond substituents is 1. The van der Waals surface area contributed by atoms with Crippen molar-refractivity contribution in [2.45, 2.75) is 20.4 Å². The molecule has 0 radical (unpaired) electrons. The number of amides is 1. The fraction of sp³-hybridized carbons (Fsp3) is 0.231. The highest BCUT2D eigenvalue weighted by Crippen LogP contribution is 2.23. The van der Waals surface area contributed by atoms with Crippen molar-refractivity contribution in [1.82, 2.24) is 9.78 Å². The lowest BCUT2D eigenvalue weighted by atomic mass is 10.2. The van der Waals surface area contributed by atoms with E-state index in [1.54, 1.807) is 24.3 Å². The zero-order valence-corrected chi connectivity index (χ0v) is 10.8. The summed E-state index contributed by atoms with van der Waals surface area (Å²) < 4.78 is 1.51. The van der Waals surface area contributed by atoms with Gasteiger partial charge in [-0.2, -0.15) is 5.10 Å². The first-order valence-corrected chi connectivity index (χ1v) is 5.85. The number of nitrogens with two attached hydrogens (primary N) is 1. The molecule has 1 heterocycles. The summed E-state index contributed by atoms with van der Waals surface area (Å²) in [4.78, 5) is 11.9. The topological polar surface area (TPSA) is 93.2 Å². The van der Waals surface area contributed by atoms with Gasteiger partial charge in [0.15, 0.2) is 0 Å². The van der Waals surface area contributed by atoms with Crippen molar-refractivity contribution in [3.63, 3.8) is 0 Å². The Balaban J connectivity index is 2.09. The molecule has 0 unspecified atom stereocenters. The van der Waals surface area contributed by atoms with E-state index in [0.29, 0.717) is 11.5 Å². The van der Waals surface area contributed by atoms with E-state index in [2.05, 4.69) is 10.4 Å². The lowest BCUT2D eigenvalue weighted by Gasteiger charge is -2.09. The van der Waals surface area contributed by atoms with E-state index in [-0.39, 0.29) is 18.2 Å². The molecule has 1 aromatic carbocycles. The molecule has 19 heavy (non-hydrogen) atoms. The van der Waals surface area contributed by atoms with E-state index in [9.17, 15) is 9.90 Å². The van der Waals surface area contributed by atoms with Gasteiger partial charge in [-0.15, -0.1) is 0 Å². The van der Waals surface area contributed by atoms with Gasteiger partial charge in [0.1, 0.15) is 18.1 Å². The second kappa shape index (κ2) is 5.01. The van der Waals surface area contributed by atoms with E-state index in [1.165, 1.54) is 4.68 Å². The van der Waals surface area contributed by atoms with Gasteiger partial charge in [0.2, 0.25) is 5.91 Å². The first-order valence-electron chi connectivity index (χ1n) is 5.85. The molecule has 0 aliphatic rings. The molecule has 2 aromatic rings. The Labute approximate surface area is 110 Å². The molecule has 0 aliphatic carbocycles. The highest BCUT2D eigenvalue weighted by atomic mass is 16.3. The average Bonchev–Trinajstić information content (AvgIpc) is 2.62. The number of phenols is 1. The van der Waals surface area contributed by atoms with E-state index < -0.39 is 0 Å². The van der Waals surface area contributed by atoms with Crippen LogP contribution in [0.15, 0.2) is 24.3 Å². The minimum absolute atomic E-state index is 0.0376. The molecule has 4 N–H and O–H groups in total. The molecule has 6 heteroatoms. The highest BCUT2D eigenvalue weighted by molar-refractivity contribution is 5.92. The standard InChI is InChI=1S/C13H16N4O2/c1-8-3-4-11(18)10(5-8)15-13(19)7-17-9(2)6-12(14)16-17/h3-6,18H,7H2,1-2H3,(H2,14,16)(H,15,19). The van der Waals surface area contributed by atoms with Gasteiger partial charge in [-0.1, -0.05) is 6.07 Å². The Morgan fingerprint density at radius 1 is 1.42 bits per heavy atom. The molecule has 0 fully saturated rings. The number of nitrogens with one attached hydrogen (secondary N) is 1. The van der Waals surface area contributed by atoms with Crippen LogP contribution in [0.1, 0.15) is 11.3 Å². The maximum absolute atomic E-state index is 11.9. The van der Waals surface area contributed by atoms with Crippen molar-refractivity contribution < 1.29 is 9.90 Å². The molecule has 0 aliphatic heterocycles. The van der Waals surface area contributed by atoms with Crippen molar-refractivity contribution in [3.05, 3.63) is 35.5 Å². The zero-order valence-electron chi connectivity index (χ0n) is 10.8. The Bertz CT molecular complexity index is 619. The predicted octanol–water partition coefficient (Wildman–Crippen LogP) is 1.43. The van der Waals surface area contributed by atoms with E-state index in [0.717, 1.165) is 11.3 Å². The number of anilines is 2. The number of aromatic nitrogens is 2. The summed E-state index contributed by atoms with van der Waals surface area (Å²) in [6.07, 6.45) is 0. The summed E-state index contributed by atoms with van der Waals surface area (Å²) in [5.74, 6) is 0.145. The quantitative estimate of drug-likeness (QED) is 0.728. The summed E-state index contributed by atoms with van der Waals surface area (Å²) in [7, 11) is 0. The van der Waals surface area contributed by atoms with Gasteiger partial charge in [-0.05, 0) is 31.5 Å². The van der Waals surface area contributed by atoms with E-state index >= 15 is 0 Å². The van der Waals surface area contributed by atoms with Gasteiger partial charge in [0, 0.05) is 11.8 Å². The lowest BCUT2D eigenvalue weighted by molar-refractivity contribution is -0.116. The molecule has 1 amide bonds. The van der Waals surface area contributed by atoms with Crippen LogP contribution >= 0.6 is 0 Å². The number of aryl methyl sites for hydroxylation is 2. The molecule has 0 bridgehead atoms. The Morgan fingerprint density at radius 2 is 2.16 bits per heavy atom. The lowest BCUT2D eigenvalue weighted by Crippen LogP contribution is -2.20. The summed E-state index contributed by atoms with van der Waals surface area (Å²) >= 11 is 0. The summed E-state index contributed by atoms with van der Waals surface area (Å²) in [6, 6.07) is 6.71. The van der Waals surface area contributed by atoms with Crippen LogP contribution in [0, 0.1) is 13.8 Å². The van der Waals surface area contributed by atoms with Crippen LogP contribution in [0.2, 0.25) is 0 Å². The van der Waals surface area contributed by atoms with E-state index in [1.807, 2.05) is 13.8 Å². The van der Waals surface area contributed by atoms with Gasteiger partial charge < -0.3 is 16.2 Å². The summed E-state index contributed by atoms with van der Waals surface area (Å²) in [6.45, 7) is 3.75. The minimum Gasteiger partial charge on any atom is -0.506 e. The van der Waals surface area contributed by atoms with Crippen LogP contribution in [0.4, 0.5) is 11.5 Å². The van der Waals surface area contributed by atoms with Crippen molar-refractivity contribution in [3.8, 4) is 5.75 Å². The van der Waals surface area contributed by atoms with Crippen molar-refractivity contribution in [2.75, 3.05) is 11.1 Å². The fourth-order valence-corrected chi connectivity index (χ4v) is 1.77. The molecular weight excluding hydrogens is 244 g/mol. The first-order chi connectivity index (χ1) is 8.95. The minimum atomic E-state index is -0.271. The van der Waals surface area contributed by atoms with Gasteiger partial charge >= 0.3 is 0 Å². The maximum Gasteiger partial charge on any atom is 0.246 e. The molecule has 0 spiro atoms. The van der Waals surface area contributed by atoms with Gasteiger partial charge in [0.05, 0.1) is 5.69 Å². The number of hydrogen-bond acceptors (Lipinski definition) is 4. The second-order valence-electron chi connectivity index (χ2n) is 4.44. The number of nitrogens with zero attached hydrogens (tertiary/aromatic N) is 2. The van der Waals surface area contributed by atoms with Gasteiger partial charge in [-0.25, -0.2) is 0 Å². The molecule has 0 saturated heterocycles. The number of carbonyl (C=O) groups excluding carboxylic acids is 1. The molecule has 0 saturated carbocycles. The first kappa shape index (κ1) is 12.9. The number of aromatic hydroxyl groups is 1. The van der Waals surface area contributed by atoms with Crippen LogP contribution in [-0.4, -0.2) is 20.8 Å². The second-order valence-corrected chi connectivity index (χ2v) is 4.44. The molecule has 1 aromatic heterocycles. The number of hydrogen-bond donors (Lipinski definition) is 3. The number of benzene rings is 1. The molecule has 100 valence electrons. The Hall–Kier alpha value is -2.50. The van der Waals surface area contributed by atoms with Gasteiger partial charge in [0.25, 0.3) is 0 Å². The Morgan fingerprint density at radius 3 is 2.79 bits per heavy atom. The van der Waals surface area contributed by atoms with Crippen molar-refractivity contribution in [1.29, 1.82) is 0 Å². The fourth-order valence-electron chi connectivity index (χ4n) is 1.77. The average molecular weight is 260 g/mol. The Kier molecular flexibility index (Phi) is 3.41. The SMILES string of the molecule is Cc1ccc(O)c(NC(=O)Cn2nc(N)cc2C)c1. The summed E-state index contributed by atoms with van der Waals surface area (Å²) in [5.41, 5.74) is 7.70. The van der Waals surface area contributed by atoms with Crippen LogP contribution in [0.3, 0.4) is 0 Å². The highest BCUT2D eigenvalue weighted by Gasteiger charge is 2.10. The molecule has 0 atom stereocenters. The van der Waals surface area contributed by atoms with Gasteiger partial charge in [-0.3, -0.25) is 9.48 Å². The maximum atomic E-state index is 11.9. The smallest absolute Gasteiger partial charge is 0.246 e. The monoisotopic (exact) mass is 260 g/mol. The van der Waals surface area contributed by atoms with E-state index in [4.69, 9.17) is 5.73 Å². The molecule has 6 nitrogen and oxygen atoms in total. The number of rotatable bonds is 3. The van der Waals surface area contributed by atoms with Crippen LogP contribution in [0.5, 0.6) is 5.75 Å². The van der Waals surface area contributed by atoms with Crippen LogP contribution in [-0.2, 0) is 11.3 Å².